The summed E-state index contributed by atoms with van der Waals surface area (Å²) in [5.41, 5.74) is 1.30. The molecule has 1 fully saturated rings. The molecule has 1 saturated carbocycles. The molecule has 0 N–H and O–H groups in total. The quantitative estimate of drug-likeness (QED) is 0.497. The van der Waals surface area contributed by atoms with E-state index >= 15 is 0 Å². The molecule has 1 aromatic carbocycles. The van der Waals surface area contributed by atoms with Crippen molar-refractivity contribution in [2.75, 3.05) is 12.0 Å². The summed E-state index contributed by atoms with van der Waals surface area (Å²) in [7, 11) is 1.31. The van der Waals surface area contributed by atoms with Gasteiger partial charge < -0.3 is 14.0 Å². The normalized spacial score (nSPS) is 29.0. The fourth-order valence-electron chi connectivity index (χ4n) is 4.96. The third kappa shape index (κ3) is 3.44. The summed E-state index contributed by atoms with van der Waals surface area (Å²) in [6.45, 7) is 3.75. The first-order chi connectivity index (χ1) is 15.8. The van der Waals surface area contributed by atoms with Gasteiger partial charge in [-0.1, -0.05) is 24.2 Å². The molecule has 172 valence electrons. The van der Waals surface area contributed by atoms with E-state index in [0.29, 0.717) is 35.3 Å². The van der Waals surface area contributed by atoms with Gasteiger partial charge in [-0.2, -0.15) is 0 Å². The number of nitrogens with zero attached hydrogens (tertiary/aromatic N) is 2. The lowest BCUT2D eigenvalue weighted by Gasteiger charge is -2.39. The van der Waals surface area contributed by atoms with Gasteiger partial charge in [0.15, 0.2) is 17.4 Å². The van der Waals surface area contributed by atoms with E-state index in [0.717, 1.165) is 0 Å². The smallest absolute Gasteiger partial charge is 0.337 e. The minimum absolute atomic E-state index is 0.0594. The number of carbonyl (C=O) groups excluding carboxylic acids is 3. The van der Waals surface area contributed by atoms with E-state index in [4.69, 9.17) is 25.6 Å². The Labute approximate surface area is 195 Å². The van der Waals surface area contributed by atoms with Crippen molar-refractivity contribution in [1.29, 1.82) is 0 Å². The van der Waals surface area contributed by atoms with Crippen molar-refractivity contribution in [3.8, 4) is 0 Å². The summed E-state index contributed by atoms with van der Waals surface area (Å²) in [5.74, 6) is -0.397. The molecule has 3 aliphatic rings. The molecule has 3 heterocycles. The molecule has 9 heteroatoms. The van der Waals surface area contributed by atoms with Gasteiger partial charge in [0.25, 0.3) is 5.91 Å². The van der Waals surface area contributed by atoms with E-state index < -0.39 is 23.8 Å². The third-order valence-electron chi connectivity index (χ3n) is 6.72. The van der Waals surface area contributed by atoms with Crippen molar-refractivity contribution in [2.45, 2.75) is 44.2 Å². The van der Waals surface area contributed by atoms with Gasteiger partial charge in [-0.05, 0) is 43.4 Å². The maximum Gasteiger partial charge on any atom is 0.337 e. The number of aryl methyl sites for hydroxylation is 1. The zero-order valence-electron chi connectivity index (χ0n) is 18.4. The highest BCUT2D eigenvalue weighted by molar-refractivity contribution is 6.21. The highest BCUT2D eigenvalue weighted by Gasteiger charge is 2.54. The number of carbonyl (C=O) groups is 3. The maximum absolute atomic E-state index is 13.7. The molecule has 0 radical (unpaired) electrons. The van der Waals surface area contributed by atoms with Crippen molar-refractivity contribution < 1.29 is 28.4 Å². The Bertz CT molecular complexity index is 1170. The minimum Gasteiger partial charge on any atom is -0.483 e. The average molecular weight is 471 g/mol. The van der Waals surface area contributed by atoms with Gasteiger partial charge in [0.1, 0.15) is 11.9 Å². The van der Waals surface area contributed by atoms with Gasteiger partial charge in [0.05, 0.1) is 30.2 Å². The number of benzene rings is 1. The largest absolute Gasteiger partial charge is 0.483 e. The number of ether oxygens (including phenoxy) is 2. The van der Waals surface area contributed by atoms with Crippen LogP contribution in [0.25, 0.3) is 0 Å². The number of hydrogen-bond acceptors (Lipinski definition) is 7. The average Bonchev–Trinajstić information content (AvgIpc) is 3.36. The highest BCUT2D eigenvalue weighted by Crippen LogP contribution is 2.49. The van der Waals surface area contributed by atoms with Crippen LogP contribution in [0.5, 0.6) is 0 Å². The second kappa shape index (κ2) is 8.02. The molecule has 5 rings (SSSR count). The van der Waals surface area contributed by atoms with Crippen molar-refractivity contribution >= 4 is 35.1 Å². The Morgan fingerprint density at radius 3 is 2.58 bits per heavy atom. The molecule has 33 heavy (non-hydrogen) atoms. The van der Waals surface area contributed by atoms with Crippen LogP contribution in [0.4, 0.5) is 5.82 Å². The molecule has 2 aromatic rings. The molecule has 0 saturated heterocycles. The first-order valence-electron chi connectivity index (χ1n) is 10.8. The molecule has 1 aliphatic carbocycles. The predicted octanol–water partition coefficient (Wildman–Crippen LogP) is 3.73. The zero-order valence-corrected chi connectivity index (χ0v) is 19.2. The first-order valence-corrected chi connectivity index (χ1v) is 11.3. The summed E-state index contributed by atoms with van der Waals surface area (Å²) in [5, 5.41) is 3.89. The summed E-state index contributed by atoms with van der Waals surface area (Å²) in [6, 6.07) is 7.49. The molecule has 0 bridgehead atoms. The summed E-state index contributed by atoms with van der Waals surface area (Å²) < 4.78 is 16.2. The lowest BCUT2D eigenvalue weighted by molar-refractivity contribution is -0.132. The number of anilines is 1. The highest BCUT2D eigenvalue weighted by atomic mass is 35.5. The molecule has 5 unspecified atom stereocenters. The fourth-order valence-corrected chi connectivity index (χ4v) is 5.25. The Kier molecular flexibility index (Phi) is 5.28. The first kappa shape index (κ1) is 21.7. The number of rotatable bonds is 3. The van der Waals surface area contributed by atoms with Gasteiger partial charge in [-0.25, -0.2) is 4.79 Å². The second-order valence-electron chi connectivity index (χ2n) is 8.82. The second-order valence-corrected chi connectivity index (χ2v) is 9.38. The number of methoxy groups -OCH3 is 1. The van der Waals surface area contributed by atoms with Gasteiger partial charge in [-0.15, -0.1) is 11.6 Å². The van der Waals surface area contributed by atoms with Gasteiger partial charge in [0, 0.05) is 11.4 Å². The van der Waals surface area contributed by atoms with Crippen molar-refractivity contribution in [3.63, 3.8) is 0 Å². The maximum atomic E-state index is 13.7. The molecule has 8 nitrogen and oxygen atoms in total. The minimum atomic E-state index is -0.759. The number of ketones is 1. The molecule has 5 atom stereocenters. The van der Waals surface area contributed by atoms with Crippen LogP contribution < -0.4 is 4.90 Å². The molecule has 0 spiro atoms. The van der Waals surface area contributed by atoms with Crippen LogP contribution in [0, 0.1) is 18.8 Å². The van der Waals surface area contributed by atoms with Crippen molar-refractivity contribution in [3.05, 3.63) is 58.6 Å². The van der Waals surface area contributed by atoms with Crippen LogP contribution in [0.15, 0.2) is 46.2 Å². The van der Waals surface area contributed by atoms with Crippen LogP contribution in [0.1, 0.15) is 47.5 Å². The lowest BCUT2D eigenvalue weighted by atomic mass is 9.74. The van der Waals surface area contributed by atoms with Crippen molar-refractivity contribution in [2.24, 2.45) is 11.8 Å². The number of alkyl halides is 1. The van der Waals surface area contributed by atoms with Crippen LogP contribution in [0.2, 0.25) is 0 Å². The third-order valence-corrected chi connectivity index (χ3v) is 7.33. The molecule has 1 aromatic heterocycles. The number of hydrogen-bond donors (Lipinski definition) is 0. The standard InChI is InChI=1S/C24H23ClN2O6/c1-11-8-17-15(10-16(11)25)21(28)19-20(13-4-6-14(7-5-13)24(30)31-3)27(23(29)22(19)32-17)18-9-12(2)33-26-18/h4-7,9,11,15-17,20H,8,10H2,1-3H3. The molecule has 1 amide bonds. The van der Waals surface area contributed by atoms with E-state index in [9.17, 15) is 14.4 Å². The van der Waals surface area contributed by atoms with Crippen LogP contribution in [0.3, 0.4) is 0 Å². The number of Topliss-reactive ketones (excluding diaryl/α,β-unsaturated/α-hetero) is 1. The lowest BCUT2D eigenvalue weighted by Crippen LogP contribution is -2.44. The van der Waals surface area contributed by atoms with E-state index in [2.05, 4.69) is 5.16 Å². The summed E-state index contributed by atoms with van der Waals surface area (Å²) >= 11 is 6.50. The number of aromatic nitrogens is 1. The van der Waals surface area contributed by atoms with E-state index in [1.54, 1.807) is 37.3 Å². The van der Waals surface area contributed by atoms with Gasteiger partial charge in [-0.3, -0.25) is 14.5 Å². The van der Waals surface area contributed by atoms with Gasteiger partial charge >= 0.3 is 5.97 Å². The molecular formula is C24H23ClN2O6. The van der Waals surface area contributed by atoms with Crippen LogP contribution >= 0.6 is 11.6 Å². The Hall–Kier alpha value is -3.13. The van der Waals surface area contributed by atoms with E-state index in [1.165, 1.54) is 12.0 Å². The molecule has 2 aliphatic heterocycles. The number of halogens is 1. The van der Waals surface area contributed by atoms with Crippen molar-refractivity contribution in [1.82, 2.24) is 5.16 Å². The predicted molar refractivity (Wildman–Crippen MR) is 118 cm³/mol. The summed E-state index contributed by atoms with van der Waals surface area (Å²) in [6.07, 6.45) is 0.719. The Morgan fingerprint density at radius 2 is 1.94 bits per heavy atom. The van der Waals surface area contributed by atoms with E-state index in [-0.39, 0.29) is 34.8 Å². The Morgan fingerprint density at radius 1 is 1.21 bits per heavy atom. The fraction of sp³-hybridized carbons (Fsp3) is 0.417. The number of esters is 1. The number of amides is 1. The Balaban J connectivity index is 1.61. The summed E-state index contributed by atoms with van der Waals surface area (Å²) in [4.78, 5) is 40.6. The zero-order chi connectivity index (χ0) is 23.4. The van der Waals surface area contributed by atoms with Crippen LogP contribution in [-0.4, -0.2) is 41.4 Å². The van der Waals surface area contributed by atoms with Crippen LogP contribution in [-0.2, 0) is 19.1 Å². The topological polar surface area (TPSA) is 98.9 Å². The molecular weight excluding hydrogens is 448 g/mol. The van der Waals surface area contributed by atoms with E-state index in [1.807, 2.05) is 6.92 Å². The monoisotopic (exact) mass is 470 g/mol. The van der Waals surface area contributed by atoms with Gasteiger partial charge in [0.2, 0.25) is 0 Å². The number of fused-ring (bicyclic) bond motifs is 1. The SMILES string of the molecule is COC(=O)c1ccc(C2C3=C(OC4CC(C)C(Cl)CC4C3=O)C(=O)N2c2cc(C)on2)cc1.